The molecule has 47 heavy (non-hydrogen) atoms. The molecular weight excluding hydrogens is 612 g/mol. The number of hydrogen-bond acceptors (Lipinski definition) is 7. The SMILES string of the molecule is CC(C)(C)c1cc(C(C)(C)C)c2oc(Nc3cc(Cl)cc4c3O[C@@]3(C(=O)Nc5ccccn5)[C@@H](Cc5ccccc5[C@@H]3O)C4)nc2c1. The number of anilines is 3. The first kappa shape index (κ1) is 31.2. The molecule has 1 aliphatic heterocycles. The van der Waals surface area contributed by atoms with Crippen molar-refractivity contribution in [2.24, 2.45) is 5.92 Å². The number of pyridine rings is 1. The number of oxazole rings is 1. The molecule has 3 heterocycles. The fraction of sp³-hybridized carbons (Fsp3) is 0.342. The van der Waals surface area contributed by atoms with Crippen LogP contribution in [0, 0.1) is 5.92 Å². The lowest BCUT2D eigenvalue weighted by Crippen LogP contribution is -2.62. The van der Waals surface area contributed by atoms with Crippen LogP contribution < -0.4 is 15.4 Å². The van der Waals surface area contributed by atoms with Gasteiger partial charge in [-0.3, -0.25) is 4.79 Å². The quantitative estimate of drug-likeness (QED) is 0.179. The van der Waals surface area contributed by atoms with Crippen LogP contribution in [-0.2, 0) is 28.5 Å². The predicted molar refractivity (Wildman–Crippen MR) is 185 cm³/mol. The summed E-state index contributed by atoms with van der Waals surface area (Å²) in [6.07, 6.45) is 1.35. The Balaban J connectivity index is 1.33. The van der Waals surface area contributed by atoms with Gasteiger partial charge in [-0.15, -0.1) is 0 Å². The van der Waals surface area contributed by atoms with Crippen molar-refractivity contribution in [2.45, 2.75) is 76.9 Å². The number of rotatable bonds is 4. The number of carbonyl (C=O) groups is 1. The van der Waals surface area contributed by atoms with Crippen molar-refractivity contribution < 1.29 is 19.1 Å². The van der Waals surface area contributed by atoms with Crippen molar-refractivity contribution in [3.8, 4) is 5.75 Å². The second-order valence-corrected chi connectivity index (χ2v) is 15.2. The van der Waals surface area contributed by atoms with E-state index in [1.165, 1.54) is 0 Å². The lowest BCUT2D eigenvalue weighted by molar-refractivity contribution is -0.157. The van der Waals surface area contributed by atoms with Crippen molar-refractivity contribution in [3.05, 3.63) is 106 Å². The van der Waals surface area contributed by atoms with Crippen molar-refractivity contribution in [2.75, 3.05) is 10.6 Å². The van der Waals surface area contributed by atoms with E-state index in [4.69, 9.17) is 25.7 Å². The molecule has 0 fully saturated rings. The first-order valence-electron chi connectivity index (χ1n) is 16.0. The number of halogens is 1. The predicted octanol–water partition coefficient (Wildman–Crippen LogP) is 8.43. The van der Waals surface area contributed by atoms with Gasteiger partial charge in [-0.25, -0.2) is 4.98 Å². The number of aliphatic hydroxyl groups is 1. The molecule has 2 aromatic heterocycles. The van der Waals surface area contributed by atoms with Crippen molar-refractivity contribution in [1.82, 2.24) is 9.97 Å². The maximum absolute atomic E-state index is 14.3. The summed E-state index contributed by atoms with van der Waals surface area (Å²) >= 11 is 6.69. The van der Waals surface area contributed by atoms with Crippen molar-refractivity contribution in [3.63, 3.8) is 0 Å². The molecule has 1 amide bonds. The highest BCUT2D eigenvalue weighted by molar-refractivity contribution is 6.31. The van der Waals surface area contributed by atoms with Crippen LogP contribution in [0.3, 0.4) is 0 Å². The summed E-state index contributed by atoms with van der Waals surface area (Å²) in [5, 5.41) is 18.8. The molecule has 8 nitrogen and oxygen atoms in total. The van der Waals surface area contributed by atoms with E-state index >= 15 is 0 Å². The normalized spacial score (nSPS) is 20.5. The Bertz CT molecular complexity index is 2010. The van der Waals surface area contributed by atoms with Crippen LogP contribution in [0.4, 0.5) is 17.5 Å². The number of benzene rings is 3. The number of aliphatic hydroxyl groups excluding tert-OH is 1. The molecule has 5 aromatic rings. The lowest BCUT2D eigenvalue weighted by Gasteiger charge is -2.49. The average molecular weight is 651 g/mol. The minimum absolute atomic E-state index is 0.0826. The number of ether oxygens (including phenoxy) is 1. The first-order chi connectivity index (χ1) is 22.2. The highest BCUT2D eigenvalue weighted by Gasteiger charge is 2.59. The van der Waals surface area contributed by atoms with Crippen LogP contribution in [0.25, 0.3) is 11.1 Å². The van der Waals surface area contributed by atoms with Gasteiger partial charge in [0.1, 0.15) is 23.2 Å². The molecule has 2 aliphatic rings. The van der Waals surface area contributed by atoms with E-state index in [2.05, 4.69) is 69.3 Å². The molecule has 9 heteroatoms. The topological polar surface area (TPSA) is 110 Å². The van der Waals surface area contributed by atoms with E-state index in [-0.39, 0.29) is 22.8 Å². The number of hydrogen-bond donors (Lipinski definition) is 3. The number of nitrogens with zero attached hydrogens (tertiary/aromatic N) is 2. The molecule has 3 aromatic carbocycles. The molecule has 0 saturated heterocycles. The number of fused-ring (bicyclic) bond motifs is 4. The second-order valence-electron chi connectivity index (χ2n) is 14.7. The highest BCUT2D eigenvalue weighted by atomic mass is 35.5. The molecule has 0 saturated carbocycles. The maximum Gasteiger partial charge on any atom is 0.300 e. The molecule has 3 N–H and O–H groups in total. The average Bonchev–Trinajstić information content (AvgIpc) is 3.42. The minimum Gasteiger partial charge on any atom is -0.471 e. The molecule has 0 radical (unpaired) electrons. The van der Waals surface area contributed by atoms with Crippen LogP contribution in [0.1, 0.15) is 75.5 Å². The van der Waals surface area contributed by atoms with Crippen LogP contribution in [-0.4, -0.2) is 26.6 Å². The van der Waals surface area contributed by atoms with Crippen molar-refractivity contribution in [1.29, 1.82) is 0 Å². The van der Waals surface area contributed by atoms with Gasteiger partial charge in [0.2, 0.25) is 5.60 Å². The van der Waals surface area contributed by atoms with E-state index in [1.807, 2.05) is 30.3 Å². The third kappa shape index (κ3) is 5.43. The maximum atomic E-state index is 14.3. The van der Waals surface area contributed by atoms with E-state index in [1.54, 1.807) is 30.5 Å². The fourth-order valence-corrected chi connectivity index (χ4v) is 7.11. The van der Waals surface area contributed by atoms with E-state index in [9.17, 15) is 9.90 Å². The van der Waals surface area contributed by atoms with Crippen molar-refractivity contribution >= 4 is 46.1 Å². The lowest BCUT2D eigenvalue weighted by atomic mass is 9.66. The zero-order valence-electron chi connectivity index (χ0n) is 27.4. The van der Waals surface area contributed by atoms with Crippen LogP contribution in [0.15, 0.2) is 77.3 Å². The van der Waals surface area contributed by atoms with Gasteiger partial charge in [0.05, 0.1) is 5.69 Å². The number of carbonyl (C=O) groups excluding carboxylic acids is 1. The Hall–Kier alpha value is -4.40. The van der Waals surface area contributed by atoms with Gasteiger partial charge >= 0.3 is 0 Å². The summed E-state index contributed by atoms with van der Waals surface area (Å²) in [6, 6.07) is 21.1. The van der Waals surface area contributed by atoms with Crippen LogP contribution in [0.2, 0.25) is 5.02 Å². The summed E-state index contributed by atoms with van der Waals surface area (Å²) in [7, 11) is 0. The Morgan fingerprint density at radius 2 is 1.70 bits per heavy atom. The van der Waals surface area contributed by atoms with Gasteiger partial charge in [0.15, 0.2) is 5.58 Å². The summed E-state index contributed by atoms with van der Waals surface area (Å²) in [4.78, 5) is 23.5. The third-order valence-corrected chi connectivity index (χ3v) is 9.58. The van der Waals surface area contributed by atoms with E-state index < -0.39 is 17.6 Å². The Morgan fingerprint density at radius 1 is 0.957 bits per heavy atom. The molecule has 0 spiro atoms. The van der Waals surface area contributed by atoms with Crippen LogP contribution in [0.5, 0.6) is 5.75 Å². The van der Waals surface area contributed by atoms with Crippen LogP contribution >= 0.6 is 11.6 Å². The zero-order chi connectivity index (χ0) is 33.3. The molecule has 7 rings (SSSR count). The molecular formula is C38H39ClN4O4. The Morgan fingerprint density at radius 3 is 2.43 bits per heavy atom. The largest absolute Gasteiger partial charge is 0.471 e. The smallest absolute Gasteiger partial charge is 0.300 e. The third-order valence-electron chi connectivity index (χ3n) is 9.36. The number of nitrogens with one attached hydrogen (secondary N) is 2. The molecule has 0 unspecified atom stereocenters. The van der Waals surface area contributed by atoms with Gasteiger partial charge in [0, 0.05) is 22.7 Å². The monoisotopic (exact) mass is 650 g/mol. The molecule has 3 atom stereocenters. The van der Waals surface area contributed by atoms with Gasteiger partial charge in [0.25, 0.3) is 11.9 Å². The van der Waals surface area contributed by atoms with E-state index in [0.717, 1.165) is 27.8 Å². The molecule has 0 bridgehead atoms. The Labute approximate surface area is 279 Å². The fourth-order valence-electron chi connectivity index (χ4n) is 6.87. The number of aromatic nitrogens is 2. The first-order valence-corrected chi connectivity index (χ1v) is 16.3. The summed E-state index contributed by atoms with van der Waals surface area (Å²) in [6.45, 7) is 13.0. The summed E-state index contributed by atoms with van der Waals surface area (Å²) in [5.74, 6) is -0.0733. The zero-order valence-corrected chi connectivity index (χ0v) is 28.2. The minimum atomic E-state index is -1.65. The Kier molecular flexibility index (Phi) is 7.37. The van der Waals surface area contributed by atoms with Gasteiger partial charge < -0.3 is 24.9 Å². The molecule has 1 aliphatic carbocycles. The van der Waals surface area contributed by atoms with Gasteiger partial charge in [-0.05, 0) is 76.3 Å². The summed E-state index contributed by atoms with van der Waals surface area (Å²) in [5.41, 5.74) is 4.70. The van der Waals surface area contributed by atoms with Gasteiger partial charge in [-0.2, -0.15) is 4.98 Å². The molecule has 242 valence electrons. The second kappa shape index (κ2) is 11.1. The van der Waals surface area contributed by atoms with Gasteiger partial charge in [-0.1, -0.05) is 89.5 Å². The number of amides is 1. The standard InChI is InChI=1S/C38H39ClN4O4/c1-36(2,3)23-18-27(37(4,5)6)32-28(19-23)41-35(46-32)42-29-20-25(39)17-22-16-24-15-21-11-7-8-12-26(21)33(44)38(24,47-31(22)29)34(45)43-30-13-9-10-14-40-30/h7-14,17-20,24,33,44H,15-16H2,1-6H3,(H,41,42)(H,40,43,45)/t24-,33-,38-/m0/s1. The van der Waals surface area contributed by atoms with E-state index in [0.29, 0.717) is 46.3 Å². The highest BCUT2D eigenvalue weighted by Crippen LogP contribution is 2.53. The summed E-state index contributed by atoms with van der Waals surface area (Å²) < 4.78 is 13.2.